The zero-order valence-electron chi connectivity index (χ0n) is 17.7. The molecule has 2 aromatic carbocycles. The van der Waals surface area contributed by atoms with Crippen molar-refractivity contribution < 1.29 is 24.2 Å². The van der Waals surface area contributed by atoms with Crippen LogP contribution >= 0.6 is 0 Å². The van der Waals surface area contributed by atoms with E-state index in [1.165, 1.54) is 19.1 Å². The summed E-state index contributed by atoms with van der Waals surface area (Å²) in [6.45, 7) is 0.187. The summed E-state index contributed by atoms with van der Waals surface area (Å²) in [7, 11) is 2.92. The van der Waals surface area contributed by atoms with Crippen molar-refractivity contribution in [2.45, 2.75) is 12.6 Å². The van der Waals surface area contributed by atoms with Crippen LogP contribution in [0.15, 0.2) is 78.6 Å². The highest BCUT2D eigenvalue weighted by Crippen LogP contribution is 2.43. The van der Waals surface area contributed by atoms with Crippen molar-refractivity contribution in [1.29, 1.82) is 0 Å². The number of amides is 1. The van der Waals surface area contributed by atoms with E-state index in [1.807, 2.05) is 30.3 Å². The summed E-state index contributed by atoms with van der Waals surface area (Å²) in [6.07, 6.45) is 3.26. The molecule has 1 amide bonds. The van der Waals surface area contributed by atoms with Crippen molar-refractivity contribution in [3.63, 3.8) is 0 Å². The van der Waals surface area contributed by atoms with Gasteiger partial charge >= 0.3 is 0 Å². The molecule has 0 aliphatic carbocycles. The minimum Gasteiger partial charge on any atom is -0.506 e. The molecule has 1 saturated heterocycles. The molecule has 1 unspecified atom stereocenters. The average Bonchev–Trinajstić information content (AvgIpc) is 3.09. The van der Waals surface area contributed by atoms with Crippen molar-refractivity contribution in [1.82, 2.24) is 9.88 Å². The minimum atomic E-state index is -0.779. The number of aliphatic hydroxyl groups excluding tert-OH is 1. The summed E-state index contributed by atoms with van der Waals surface area (Å²) in [6, 6.07) is 17.0. The second kappa shape index (κ2) is 8.93. The third-order valence-corrected chi connectivity index (χ3v) is 5.42. The fourth-order valence-corrected chi connectivity index (χ4v) is 3.93. The number of ketones is 1. The van der Waals surface area contributed by atoms with Gasteiger partial charge < -0.3 is 19.5 Å². The number of pyridine rings is 1. The summed E-state index contributed by atoms with van der Waals surface area (Å²) in [5, 5.41) is 11.4. The number of rotatable bonds is 6. The van der Waals surface area contributed by atoms with Crippen LogP contribution in [0.1, 0.15) is 22.7 Å². The van der Waals surface area contributed by atoms with Gasteiger partial charge in [-0.15, -0.1) is 0 Å². The van der Waals surface area contributed by atoms with Crippen LogP contribution in [0.2, 0.25) is 0 Å². The van der Waals surface area contributed by atoms with E-state index < -0.39 is 17.7 Å². The molecule has 32 heavy (non-hydrogen) atoms. The van der Waals surface area contributed by atoms with Crippen LogP contribution in [-0.4, -0.2) is 40.9 Å². The Morgan fingerprint density at radius 3 is 2.16 bits per heavy atom. The molecule has 1 atom stereocenters. The highest BCUT2D eigenvalue weighted by atomic mass is 16.5. The minimum absolute atomic E-state index is 0.0157. The molecule has 7 heteroatoms. The number of methoxy groups -OCH3 is 2. The molecule has 0 radical (unpaired) electrons. The van der Waals surface area contributed by atoms with Crippen LogP contribution in [-0.2, 0) is 16.1 Å². The molecule has 0 saturated carbocycles. The Kier molecular flexibility index (Phi) is 5.89. The van der Waals surface area contributed by atoms with Crippen LogP contribution in [0, 0.1) is 0 Å². The summed E-state index contributed by atoms with van der Waals surface area (Å²) < 4.78 is 10.8. The molecule has 1 aliphatic heterocycles. The Labute approximate surface area is 185 Å². The number of ether oxygens (including phenoxy) is 2. The lowest BCUT2D eigenvalue weighted by Crippen LogP contribution is -2.29. The lowest BCUT2D eigenvalue weighted by atomic mass is 9.94. The quantitative estimate of drug-likeness (QED) is 0.364. The molecule has 7 nitrogen and oxygen atoms in total. The standard InChI is InChI=1S/C25H22N2O5/c1-31-18-9-6-10-19(32-2)20(18)23(28)21-22(17-7-4-3-5-8-17)27(25(30)24(21)29)15-16-11-13-26-14-12-16/h3-14,22,28H,15H2,1-2H3/b23-21+. The van der Waals surface area contributed by atoms with Crippen molar-refractivity contribution in [2.24, 2.45) is 0 Å². The van der Waals surface area contributed by atoms with Gasteiger partial charge in [-0.25, -0.2) is 0 Å². The van der Waals surface area contributed by atoms with E-state index in [9.17, 15) is 14.7 Å². The number of carbonyl (C=O) groups is 2. The van der Waals surface area contributed by atoms with Gasteiger partial charge in [-0.05, 0) is 35.4 Å². The van der Waals surface area contributed by atoms with Gasteiger partial charge in [0.1, 0.15) is 22.8 Å². The highest BCUT2D eigenvalue weighted by molar-refractivity contribution is 6.46. The molecule has 3 aromatic rings. The van der Waals surface area contributed by atoms with E-state index in [4.69, 9.17) is 9.47 Å². The number of aliphatic hydroxyl groups is 1. The first kappa shape index (κ1) is 21.1. The largest absolute Gasteiger partial charge is 0.506 e. The second-order valence-corrected chi connectivity index (χ2v) is 7.23. The Hall–Kier alpha value is -4.13. The fourth-order valence-electron chi connectivity index (χ4n) is 3.93. The fraction of sp³-hybridized carbons (Fsp3) is 0.160. The maximum atomic E-state index is 13.2. The summed E-state index contributed by atoms with van der Waals surface area (Å²) in [5.41, 5.74) is 1.73. The van der Waals surface area contributed by atoms with E-state index in [0.29, 0.717) is 17.1 Å². The van der Waals surface area contributed by atoms with Crippen LogP contribution in [0.4, 0.5) is 0 Å². The third-order valence-electron chi connectivity index (χ3n) is 5.42. The van der Waals surface area contributed by atoms with Crippen molar-refractivity contribution in [2.75, 3.05) is 14.2 Å². The second-order valence-electron chi connectivity index (χ2n) is 7.23. The monoisotopic (exact) mass is 430 g/mol. The number of likely N-dealkylation sites (tertiary alicyclic amines) is 1. The number of hydrogen-bond donors (Lipinski definition) is 1. The lowest BCUT2D eigenvalue weighted by Gasteiger charge is -2.25. The van der Waals surface area contributed by atoms with E-state index in [2.05, 4.69) is 4.98 Å². The van der Waals surface area contributed by atoms with E-state index >= 15 is 0 Å². The number of carbonyl (C=O) groups excluding carboxylic acids is 2. The molecule has 1 fully saturated rings. The molecule has 162 valence electrons. The summed E-state index contributed by atoms with van der Waals surface area (Å²) in [4.78, 5) is 31.8. The molecule has 2 heterocycles. The van der Waals surface area contributed by atoms with Gasteiger partial charge in [0.05, 0.1) is 25.8 Å². The van der Waals surface area contributed by atoms with E-state index in [-0.39, 0.29) is 23.4 Å². The van der Waals surface area contributed by atoms with Gasteiger partial charge in [0.15, 0.2) is 0 Å². The van der Waals surface area contributed by atoms with Gasteiger partial charge in [-0.3, -0.25) is 14.6 Å². The number of nitrogens with zero attached hydrogens (tertiary/aromatic N) is 2. The third kappa shape index (κ3) is 3.69. The SMILES string of the molecule is COc1cccc(OC)c1/C(O)=C1\C(=O)C(=O)N(Cc2ccncc2)C1c1ccccc1. The Morgan fingerprint density at radius 1 is 0.938 bits per heavy atom. The molecule has 0 spiro atoms. The van der Waals surface area contributed by atoms with Gasteiger partial charge in [0.2, 0.25) is 0 Å². The number of benzene rings is 2. The first-order chi connectivity index (χ1) is 15.6. The lowest BCUT2D eigenvalue weighted by molar-refractivity contribution is -0.140. The van der Waals surface area contributed by atoms with Crippen LogP contribution in [0.5, 0.6) is 11.5 Å². The average molecular weight is 430 g/mol. The molecular formula is C25H22N2O5. The van der Waals surface area contributed by atoms with E-state index in [1.54, 1.807) is 42.7 Å². The molecular weight excluding hydrogens is 408 g/mol. The first-order valence-electron chi connectivity index (χ1n) is 10.0. The molecule has 1 aromatic heterocycles. The summed E-state index contributed by atoms with van der Waals surface area (Å²) >= 11 is 0. The van der Waals surface area contributed by atoms with Crippen LogP contribution < -0.4 is 9.47 Å². The maximum absolute atomic E-state index is 13.2. The first-order valence-corrected chi connectivity index (χ1v) is 10.0. The number of hydrogen-bond acceptors (Lipinski definition) is 6. The van der Waals surface area contributed by atoms with Crippen LogP contribution in [0.25, 0.3) is 5.76 Å². The molecule has 1 aliphatic rings. The Bertz CT molecular complexity index is 1150. The molecule has 0 bridgehead atoms. The van der Waals surface area contributed by atoms with Gasteiger partial charge in [0, 0.05) is 18.9 Å². The van der Waals surface area contributed by atoms with Gasteiger partial charge in [-0.1, -0.05) is 36.4 Å². The molecule has 1 N–H and O–H groups in total. The normalized spacial score (nSPS) is 17.4. The zero-order valence-corrected chi connectivity index (χ0v) is 17.7. The number of Topliss-reactive ketones (excluding diaryl/α,β-unsaturated/α-hetero) is 1. The predicted octanol–water partition coefficient (Wildman–Crippen LogP) is 3.72. The van der Waals surface area contributed by atoms with Crippen LogP contribution in [0.3, 0.4) is 0 Å². The Morgan fingerprint density at radius 2 is 1.56 bits per heavy atom. The Balaban J connectivity index is 1.92. The topological polar surface area (TPSA) is 89.0 Å². The van der Waals surface area contributed by atoms with Crippen molar-refractivity contribution in [3.05, 3.63) is 95.3 Å². The van der Waals surface area contributed by atoms with Crippen molar-refractivity contribution in [3.8, 4) is 11.5 Å². The highest BCUT2D eigenvalue weighted by Gasteiger charge is 2.46. The zero-order chi connectivity index (χ0) is 22.7. The molecule has 4 rings (SSSR count). The maximum Gasteiger partial charge on any atom is 0.295 e. The smallest absolute Gasteiger partial charge is 0.295 e. The predicted molar refractivity (Wildman–Crippen MR) is 118 cm³/mol. The van der Waals surface area contributed by atoms with Gasteiger partial charge in [-0.2, -0.15) is 0 Å². The van der Waals surface area contributed by atoms with E-state index in [0.717, 1.165) is 5.56 Å². The van der Waals surface area contributed by atoms with Crippen molar-refractivity contribution >= 4 is 17.4 Å². The van der Waals surface area contributed by atoms with Gasteiger partial charge in [0.25, 0.3) is 11.7 Å². The number of aromatic nitrogens is 1. The summed E-state index contributed by atoms with van der Waals surface area (Å²) in [5.74, 6) is -1.14.